The fourth-order valence-corrected chi connectivity index (χ4v) is 2.78. The van der Waals surface area contributed by atoms with Crippen LogP contribution in [0.25, 0.3) is 0 Å². The van der Waals surface area contributed by atoms with Crippen LogP contribution in [0, 0.1) is 6.92 Å². The van der Waals surface area contributed by atoms with Crippen molar-refractivity contribution in [1.29, 1.82) is 0 Å². The molecule has 2 heterocycles. The van der Waals surface area contributed by atoms with Crippen LogP contribution in [0.1, 0.15) is 5.69 Å². The lowest BCUT2D eigenvalue weighted by molar-refractivity contribution is 0.600. The molecule has 0 aliphatic rings. The maximum absolute atomic E-state index is 12.0. The highest BCUT2D eigenvalue weighted by molar-refractivity contribution is 7.92. The molecule has 2 rings (SSSR count). The van der Waals surface area contributed by atoms with Crippen molar-refractivity contribution in [2.75, 3.05) is 4.72 Å². The number of hydrogen-bond donors (Lipinski definition) is 1. The van der Waals surface area contributed by atoms with Gasteiger partial charge in [-0.2, -0.15) is 0 Å². The average Bonchev–Trinajstić information content (AvgIpc) is 2.29. The maximum atomic E-state index is 12.0. The summed E-state index contributed by atoms with van der Waals surface area (Å²) in [4.78, 5) is 11.3. The number of aryl methyl sites for hydroxylation is 1. The summed E-state index contributed by atoms with van der Waals surface area (Å²) in [6.45, 7) is 1.72. The van der Waals surface area contributed by atoms with E-state index in [1.807, 2.05) is 0 Å². The molecule has 0 saturated carbocycles. The first-order chi connectivity index (χ1) is 8.49. The topological polar surface area (TPSA) is 84.8 Å². The summed E-state index contributed by atoms with van der Waals surface area (Å²) in [5.74, 6) is 0.168. The Bertz CT molecular complexity index is 661. The molecule has 6 nitrogen and oxygen atoms in total. The first-order valence-electron chi connectivity index (χ1n) is 4.90. The van der Waals surface area contributed by atoms with Crippen molar-refractivity contribution in [3.63, 3.8) is 0 Å². The first-order valence-corrected chi connectivity index (χ1v) is 6.76. The highest BCUT2D eigenvalue weighted by Crippen LogP contribution is 2.22. The third kappa shape index (κ3) is 2.74. The van der Waals surface area contributed by atoms with Gasteiger partial charge in [0.2, 0.25) is 0 Å². The predicted octanol–water partition coefficient (Wildman–Crippen LogP) is 1.63. The van der Waals surface area contributed by atoms with E-state index >= 15 is 0 Å². The maximum Gasteiger partial charge on any atom is 0.266 e. The van der Waals surface area contributed by atoms with Crippen molar-refractivity contribution in [2.24, 2.45) is 0 Å². The zero-order valence-electron chi connectivity index (χ0n) is 9.33. The molecular formula is C10H9ClN4O2S. The summed E-state index contributed by atoms with van der Waals surface area (Å²) in [6, 6.07) is 2.92. The van der Waals surface area contributed by atoms with Crippen LogP contribution in [0.2, 0.25) is 5.02 Å². The van der Waals surface area contributed by atoms with E-state index in [0.717, 1.165) is 0 Å². The SMILES string of the molecule is Cc1cc(Cl)c(S(=O)(=O)Nc2ccncn2)cn1. The molecule has 0 radical (unpaired) electrons. The van der Waals surface area contributed by atoms with E-state index in [1.54, 1.807) is 6.92 Å². The first kappa shape index (κ1) is 12.7. The number of nitrogens with zero attached hydrogens (tertiary/aromatic N) is 3. The van der Waals surface area contributed by atoms with Gasteiger partial charge in [0.25, 0.3) is 10.0 Å². The minimum atomic E-state index is -3.80. The van der Waals surface area contributed by atoms with Gasteiger partial charge in [-0.1, -0.05) is 11.6 Å². The van der Waals surface area contributed by atoms with Gasteiger partial charge in [0.05, 0.1) is 5.02 Å². The molecule has 0 unspecified atom stereocenters. The fourth-order valence-electron chi connectivity index (χ4n) is 1.26. The van der Waals surface area contributed by atoms with Crippen molar-refractivity contribution in [3.8, 4) is 0 Å². The van der Waals surface area contributed by atoms with Gasteiger partial charge in [-0.15, -0.1) is 0 Å². The van der Waals surface area contributed by atoms with Crippen LogP contribution in [0.3, 0.4) is 0 Å². The van der Waals surface area contributed by atoms with Crippen LogP contribution >= 0.6 is 11.6 Å². The summed E-state index contributed by atoms with van der Waals surface area (Å²) in [7, 11) is -3.80. The molecule has 0 aliphatic carbocycles. The predicted molar refractivity (Wildman–Crippen MR) is 66.8 cm³/mol. The lowest BCUT2D eigenvalue weighted by Gasteiger charge is -2.08. The van der Waals surface area contributed by atoms with Gasteiger partial charge in [0, 0.05) is 18.1 Å². The molecule has 94 valence electrons. The van der Waals surface area contributed by atoms with Gasteiger partial charge in [-0.05, 0) is 19.1 Å². The van der Waals surface area contributed by atoms with E-state index in [-0.39, 0.29) is 15.7 Å². The Labute approximate surface area is 109 Å². The normalized spacial score (nSPS) is 11.2. The Kier molecular flexibility index (Phi) is 3.44. The molecule has 0 fully saturated rings. The van der Waals surface area contributed by atoms with E-state index in [2.05, 4.69) is 19.7 Å². The summed E-state index contributed by atoms with van der Waals surface area (Å²) in [5.41, 5.74) is 0.640. The van der Waals surface area contributed by atoms with Crippen molar-refractivity contribution < 1.29 is 8.42 Å². The highest BCUT2D eigenvalue weighted by atomic mass is 35.5. The average molecular weight is 285 g/mol. The van der Waals surface area contributed by atoms with E-state index in [0.29, 0.717) is 5.69 Å². The summed E-state index contributed by atoms with van der Waals surface area (Å²) < 4.78 is 26.4. The van der Waals surface area contributed by atoms with Crippen LogP contribution in [0.5, 0.6) is 0 Å². The Hall–Kier alpha value is -1.73. The summed E-state index contributed by atoms with van der Waals surface area (Å²) in [5, 5.41) is 0.115. The monoisotopic (exact) mass is 284 g/mol. The molecule has 8 heteroatoms. The molecule has 0 amide bonds. The van der Waals surface area contributed by atoms with Crippen LogP contribution < -0.4 is 4.72 Å². The molecule has 0 bridgehead atoms. The minimum absolute atomic E-state index is 0.0895. The smallest absolute Gasteiger partial charge is 0.263 e. The van der Waals surface area contributed by atoms with Gasteiger partial charge < -0.3 is 0 Å². The second-order valence-electron chi connectivity index (χ2n) is 3.46. The van der Waals surface area contributed by atoms with Crippen molar-refractivity contribution in [2.45, 2.75) is 11.8 Å². The van der Waals surface area contributed by atoms with Gasteiger partial charge in [0.1, 0.15) is 17.0 Å². The van der Waals surface area contributed by atoms with Gasteiger partial charge in [-0.25, -0.2) is 18.4 Å². The van der Waals surface area contributed by atoms with Crippen LogP contribution in [-0.4, -0.2) is 23.4 Å². The zero-order valence-corrected chi connectivity index (χ0v) is 10.9. The van der Waals surface area contributed by atoms with Crippen molar-refractivity contribution in [1.82, 2.24) is 15.0 Å². The van der Waals surface area contributed by atoms with E-state index in [1.165, 1.54) is 30.9 Å². The van der Waals surface area contributed by atoms with Crippen LogP contribution in [-0.2, 0) is 10.0 Å². The van der Waals surface area contributed by atoms with E-state index in [9.17, 15) is 8.42 Å². The molecule has 2 aromatic heterocycles. The number of aromatic nitrogens is 3. The Morgan fingerprint density at radius 2 is 2.11 bits per heavy atom. The molecule has 2 aromatic rings. The van der Waals surface area contributed by atoms with E-state index in [4.69, 9.17) is 11.6 Å². The highest BCUT2D eigenvalue weighted by Gasteiger charge is 2.19. The summed E-state index contributed by atoms with van der Waals surface area (Å²) >= 11 is 5.89. The minimum Gasteiger partial charge on any atom is -0.263 e. The van der Waals surface area contributed by atoms with Gasteiger partial charge in [0.15, 0.2) is 0 Å². The molecule has 0 atom stereocenters. The van der Waals surface area contributed by atoms with Crippen LogP contribution in [0.4, 0.5) is 5.82 Å². The largest absolute Gasteiger partial charge is 0.266 e. The molecule has 0 spiro atoms. The zero-order chi connectivity index (χ0) is 13.2. The number of rotatable bonds is 3. The quantitative estimate of drug-likeness (QED) is 0.926. The lowest BCUT2D eigenvalue weighted by Crippen LogP contribution is -2.14. The Balaban J connectivity index is 2.37. The molecule has 0 aromatic carbocycles. The number of nitrogens with one attached hydrogen (secondary N) is 1. The third-order valence-corrected chi connectivity index (χ3v) is 3.87. The van der Waals surface area contributed by atoms with Crippen molar-refractivity contribution >= 4 is 27.4 Å². The standard InChI is InChI=1S/C10H9ClN4O2S/c1-7-4-8(11)9(5-13-7)18(16,17)15-10-2-3-12-6-14-10/h2-6H,1H3,(H,12,14,15). The molecule has 0 saturated heterocycles. The lowest BCUT2D eigenvalue weighted by atomic mass is 10.4. The number of anilines is 1. The molecule has 1 N–H and O–H groups in total. The second-order valence-corrected chi connectivity index (χ2v) is 5.51. The number of halogens is 1. The molecular weight excluding hydrogens is 276 g/mol. The fraction of sp³-hybridized carbons (Fsp3) is 0.100. The third-order valence-electron chi connectivity index (χ3n) is 2.07. The Morgan fingerprint density at radius 1 is 1.33 bits per heavy atom. The number of hydrogen-bond acceptors (Lipinski definition) is 5. The second kappa shape index (κ2) is 4.87. The van der Waals surface area contributed by atoms with Gasteiger partial charge >= 0.3 is 0 Å². The van der Waals surface area contributed by atoms with Crippen LogP contribution in [0.15, 0.2) is 35.7 Å². The van der Waals surface area contributed by atoms with Crippen molar-refractivity contribution in [3.05, 3.63) is 41.6 Å². The van der Waals surface area contributed by atoms with Gasteiger partial charge in [-0.3, -0.25) is 9.71 Å². The molecule has 18 heavy (non-hydrogen) atoms. The summed E-state index contributed by atoms with van der Waals surface area (Å²) in [6.07, 6.45) is 3.88. The Morgan fingerprint density at radius 3 is 2.72 bits per heavy atom. The number of sulfonamides is 1. The van der Waals surface area contributed by atoms with E-state index < -0.39 is 10.0 Å². The number of pyridine rings is 1. The molecule has 0 aliphatic heterocycles.